The van der Waals surface area contributed by atoms with Crippen LogP contribution in [-0.4, -0.2) is 37.0 Å². The van der Waals surface area contributed by atoms with Gasteiger partial charge in [0.2, 0.25) is 11.8 Å². The van der Waals surface area contributed by atoms with E-state index in [1.54, 1.807) is 0 Å². The van der Waals surface area contributed by atoms with Crippen molar-refractivity contribution in [3.8, 4) is 0 Å². The van der Waals surface area contributed by atoms with Gasteiger partial charge in [-0.05, 0) is 37.0 Å². The molecule has 0 spiro atoms. The van der Waals surface area contributed by atoms with Crippen molar-refractivity contribution in [2.75, 3.05) is 13.1 Å². The van der Waals surface area contributed by atoms with Crippen molar-refractivity contribution in [2.45, 2.75) is 65.0 Å². The zero-order valence-electron chi connectivity index (χ0n) is 13.5. The van der Waals surface area contributed by atoms with Crippen molar-refractivity contribution < 1.29 is 9.59 Å². The van der Waals surface area contributed by atoms with E-state index in [0.29, 0.717) is 18.0 Å². The Morgan fingerprint density at radius 3 is 2.48 bits per heavy atom. The summed E-state index contributed by atoms with van der Waals surface area (Å²) in [6.45, 7) is 7.59. The molecule has 1 aliphatic carbocycles. The number of nitrogens with one attached hydrogen (secondary N) is 3. The number of piperazine rings is 1. The molecule has 0 aromatic carbocycles. The second-order valence-corrected chi connectivity index (χ2v) is 7.14. The molecule has 2 fully saturated rings. The van der Waals surface area contributed by atoms with Gasteiger partial charge in [0.1, 0.15) is 6.04 Å². The largest absolute Gasteiger partial charge is 0.353 e. The van der Waals surface area contributed by atoms with Gasteiger partial charge in [-0.15, -0.1) is 0 Å². The van der Waals surface area contributed by atoms with Gasteiger partial charge in [-0.3, -0.25) is 14.9 Å². The average Bonchev–Trinajstić information content (AvgIpc) is 2.48. The van der Waals surface area contributed by atoms with Crippen LogP contribution in [0.5, 0.6) is 0 Å². The van der Waals surface area contributed by atoms with Crippen LogP contribution in [0, 0.1) is 11.3 Å². The molecule has 0 aromatic heterocycles. The number of amides is 2. The van der Waals surface area contributed by atoms with Gasteiger partial charge in [-0.2, -0.15) is 0 Å². The van der Waals surface area contributed by atoms with E-state index in [0.717, 1.165) is 18.8 Å². The molecule has 1 unspecified atom stereocenters. The summed E-state index contributed by atoms with van der Waals surface area (Å²) in [6.07, 6.45) is 5.74. The molecule has 3 N–H and O–H groups in total. The van der Waals surface area contributed by atoms with Gasteiger partial charge in [-0.25, -0.2) is 0 Å². The molecule has 0 aromatic rings. The molecular formula is C16H29N3O2. The normalized spacial score (nSPS) is 30.6. The number of hydrogen-bond acceptors (Lipinski definition) is 3. The molecule has 5 nitrogen and oxygen atoms in total. The lowest BCUT2D eigenvalue weighted by Gasteiger charge is -2.39. The molecule has 120 valence electrons. The van der Waals surface area contributed by atoms with Crippen LogP contribution in [0.4, 0.5) is 0 Å². The molecule has 1 heterocycles. The van der Waals surface area contributed by atoms with Crippen molar-refractivity contribution in [3.63, 3.8) is 0 Å². The van der Waals surface area contributed by atoms with E-state index in [2.05, 4.69) is 36.7 Å². The molecule has 1 saturated carbocycles. The fourth-order valence-corrected chi connectivity index (χ4v) is 3.36. The lowest BCUT2D eigenvalue weighted by molar-refractivity contribution is -0.127. The van der Waals surface area contributed by atoms with Crippen LogP contribution >= 0.6 is 0 Å². The summed E-state index contributed by atoms with van der Waals surface area (Å²) in [4.78, 5) is 23.3. The Hall–Kier alpha value is -1.10. The van der Waals surface area contributed by atoms with Crippen LogP contribution in [0.3, 0.4) is 0 Å². The molecule has 1 saturated heterocycles. The fraction of sp³-hybridized carbons (Fsp3) is 0.875. The highest BCUT2D eigenvalue weighted by Gasteiger charge is 2.33. The van der Waals surface area contributed by atoms with Crippen LogP contribution in [0.15, 0.2) is 0 Å². The Morgan fingerprint density at radius 2 is 1.95 bits per heavy atom. The zero-order valence-corrected chi connectivity index (χ0v) is 13.5. The molecule has 1 aliphatic heterocycles. The Labute approximate surface area is 127 Å². The van der Waals surface area contributed by atoms with E-state index in [1.807, 2.05) is 0 Å². The molecule has 5 heteroatoms. The van der Waals surface area contributed by atoms with Crippen molar-refractivity contribution in [3.05, 3.63) is 0 Å². The Balaban J connectivity index is 1.76. The number of carbonyl (C=O) groups is 2. The van der Waals surface area contributed by atoms with E-state index in [4.69, 9.17) is 0 Å². The monoisotopic (exact) mass is 295 g/mol. The summed E-state index contributed by atoms with van der Waals surface area (Å²) in [5.74, 6) is 0.748. The number of carbonyl (C=O) groups excluding carboxylic acids is 2. The smallest absolute Gasteiger partial charge is 0.239 e. The van der Waals surface area contributed by atoms with Crippen LogP contribution in [0.2, 0.25) is 0 Å². The minimum Gasteiger partial charge on any atom is -0.353 e. The summed E-state index contributed by atoms with van der Waals surface area (Å²) in [5, 5.41) is 8.84. The Morgan fingerprint density at radius 1 is 1.29 bits per heavy atom. The molecular weight excluding hydrogens is 266 g/mol. The summed E-state index contributed by atoms with van der Waals surface area (Å²) in [5.41, 5.74) is 0.407. The minimum atomic E-state index is -0.285. The molecule has 0 bridgehead atoms. The molecule has 1 atom stereocenters. The Kier molecular flexibility index (Phi) is 5.25. The highest BCUT2D eigenvalue weighted by atomic mass is 16.2. The van der Waals surface area contributed by atoms with Gasteiger partial charge in [0.25, 0.3) is 0 Å². The van der Waals surface area contributed by atoms with E-state index in [1.165, 1.54) is 19.3 Å². The number of hydrogen-bond donors (Lipinski definition) is 3. The van der Waals surface area contributed by atoms with Crippen LogP contribution < -0.4 is 16.0 Å². The van der Waals surface area contributed by atoms with E-state index < -0.39 is 0 Å². The fourth-order valence-electron chi connectivity index (χ4n) is 3.36. The third-order valence-electron chi connectivity index (χ3n) is 5.42. The molecule has 2 amide bonds. The van der Waals surface area contributed by atoms with Gasteiger partial charge in [0.15, 0.2) is 0 Å². The van der Waals surface area contributed by atoms with Gasteiger partial charge in [0.05, 0.1) is 6.54 Å². The summed E-state index contributed by atoms with van der Waals surface area (Å²) in [7, 11) is 0. The topological polar surface area (TPSA) is 70.2 Å². The lowest BCUT2D eigenvalue weighted by atomic mass is 9.69. The second-order valence-electron chi connectivity index (χ2n) is 7.14. The minimum absolute atomic E-state index is 0.0215. The molecule has 2 aliphatic rings. The van der Waals surface area contributed by atoms with Crippen LogP contribution in [0.25, 0.3) is 0 Å². The summed E-state index contributed by atoms with van der Waals surface area (Å²) < 4.78 is 0. The second kappa shape index (κ2) is 6.77. The lowest BCUT2D eigenvalue weighted by Crippen LogP contribution is -2.59. The van der Waals surface area contributed by atoms with Gasteiger partial charge in [-0.1, -0.05) is 27.2 Å². The predicted molar refractivity (Wildman–Crippen MR) is 82.8 cm³/mol. The SMILES string of the molecule is CCC(C)(C)C1CCC(NC(=O)C2CNC(=O)CN2)CC1. The maximum absolute atomic E-state index is 12.2. The first-order chi connectivity index (χ1) is 9.92. The molecule has 21 heavy (non-hydrogen) atoms. The van der Waals surface area contributed by atoms with Crippen LogP contribution in [-0.2, 0) is 9.59 Å². The third-order valence-corrected chi connectivity index (χ3v) is 5.42. The highest BCUT2D eigenvalue weighted by molar-refractivity contribution is 5.86. The Bertz CT molecular complexity index is 377. The van der Waals surface area contributed by atoms with Gasteiger partial charge in [0, 0.05) is 12.6 Å². The van der Waals surface area contributed by atoms with E-state index >= 15 is 0 Å². The first kappa shape index (κ1) is 16.3. The van der Waals surface area contributed by atoms with Crippen molar-refractivity contribution in [2.24, 2.45) is 11.3 Å². The third kappa shape index (κ3) is 4.19. The van der Waals surface area contributed by atoms with E-state index in [9.17, 15) is 9.59 Å². The molecule has 2 rings (SSSR count). The summed E-state index contributed by atoms with van der Waals surface area (Å²) >= 11 is 0. The molecule has 0 radical (unpaired) electrons. The maximum Gasteiger partial charge on any atom is 0.239 e. The average molecular weight is 295 g/mol. The highest BCUT2D eigenvalue weighted by Crippen LogP contribution is 2.40. The van der Waals surface area contributed by atoms with Gasteiger partial charge < -0.3 is 10.6 Å². The quantitative estimate of drug-likeness (QED) is 0.729. The van der Waals surface area contributed by atoms with Crippen molar-refractivity contribution >= 4 is 11.8 Å². The van der Waals surface area contributed by atoms with Crippen LogP contribution in [0.1, 0.15) is 52.9 Å². The maximum atomic E-state index is 12.2. The first-order valence-electron chi connectivity index (χ1n) is 8.23. The zero-order chi connectivity index (χ0) is 15.5. The van der Waals surface area contributed by atoms with Gasteiger partial charge >= 0.3 is 0 Å². The standard InChI is InChI=1S/C16H29N3O2/c1-4-16(2,3)11-5-7-12(8-6-11)19-15(21)13-9-18-14(20)10-17-13/h11-13,17H,4-10H2,1-3H3,(H,18,20)(H,19,21). The van der Waals surface area contributed by atoms with E-state index in [-0.39, 0.29) is 24.4 Å². The van der Waals surface area contributed by atoms with Crippen molar-refractivity contribution in [1.29, 1.82) is 0 Å². The number of rotatable bonds is 4. The summed E-state index contributed by atoms with van der Waals surface area (Å²) in [6, 6.07) is 0.00772. The predicted octanol–water partition coefficient (Wildman–Crippen LogP) is 1.19. The first-order valence-corrected chi connectivity index (χ1v) is 8.23. The van der Waals surface area contributed by atoms with Crippen molar-refractivity contribution in [1.82, 2.24) is 16.0 Å².